The van der Waals surface area contributed by atoms with Crippen LogP contribution in [0.1, 0.15) is 52.4 Å². The summed E-state index contributed by atoms with van der Waals surface area (Å²) in [6, 6.07) is 0.104. The molecule has 2 amide bonds. The molecule has 1 aliphatic heterocycles. The van der Waals surface area contributed by atoms with Crippen LogP contribution in [0.15, 0.2) is 0 Å². The van der Waals surface area contributed by atoms with Crippen LogP contribution >= 0.6 is 0 Å². The molecule has 1 saturated carbocycles. The molecule has 0 aromatic carbocycles. The lowest BCUT2D eigenvalue weighted by Crippen LogP contribution is -2.48. The number of nitrogens with zero attached hydrogens (tertiary/aromatic N) is 1. The number of piperidine rings is 1. The van der Waals surface area contributed by atoms with Crippen molar-refractivity contribution in [1.82, 2.24) is 10.2 Å². The van der Waals surface area contributed by atoms with E-state index < -0.39 is 0 Å². The van der Waals surface area contributed by atoms with Crippen molar-refractivity contribution in [2.45, 2.75) is 58.5 Å². The Labute approximate surface area is 123 Å². The Balaban J connectivity index is 1.71. The first kappa shape index (κ1) is 15.6. The highest BCUT2D eigenvalue weighted by atomic mass is 16.5. The second-order valence-corrected chi connectivity index (χ2v) is 6.49. The molecule has 2 fully saturated rings. The molecule has 2 aliphatic rings. The van der Waals surface area contributed by atoms with Crippen LogP contribution in [0.3, 0.4) is 0 Å². The van der Waals surface area contributed by atoms with Gasteiger partial charge in [-0.15, -0.1) is 0 Å². The molecule has 1 saturated heterocycles. The van der Waals surface area contributed by atoms with E-state index in [1.807, 2.05) is 11.8 Å². The molecule has 0 unspecified atom stereocenters. The molecule has 4 heteroatoms. The number of carbonyl (C=O) groups excluding carboxylic acids is 1. The van der Waals surface area contributed by atoms with Gasteiger partial charge in [0.1, 0.15) is 0 Å². The zero-order valence-electron chi connectivity index (χ0n) is 13.1. The SMILES string of the molecule is CCO[C@@H]1CCCN(C(=O)NC[C@H]2CCC[C@@H](C)C2)C1. The molecule has 1 aliphatic carbocycles. The minimum absolute atomic E-state index is 0.104. The number of amides is 2. The van der Waals surface area contributed by atoms with Gasteiger partial charge in [0.2, 0.25) is 0 Å². The highest BCUT2D eigenvalue weighted by molar-refractivity contribution is 5.74. The maximum absolute atomic E-state index is 12.2. The van der Waals surface area contributed by atoms with E-state index in [-0.39, 0.29) is 12.1 Å². The molecule has 0 bridgehead atoms. The fourth-order valence-electron chi connectivity index (χ4n) is 3.58. The summed E-state index contributed by atoms with van der Waals surface area (Å²) < 4.78 is 5.65. The van der Waals surface area contributed by atoms with Crippen LogP contribution in [0.4, 0.5) is 4.79 Å². The van der Waals surface area contributed by atoms with Gasteiger partial charge in [0.25, 0.3) is 0 Å². The van der Waals surface area contributed by atoms with Crippen LogP contribution < -0.4 is 5.32 Å². The Bertz CT molecular complexity index is 307. The average molecular weight is 282 g/mol. The largest absolute Gasteiger partial charge is 0.377 e. The number of hydrogen-bond acceptors (Lipinski definition) is 2. The summed E-state index contributed by atoms with van der Waals surface area (Å²) in [6.07, 6.45) is 7.57. The smallest absolute Gasteiger partial charge is 0.317 e. The van der Waals surface area contributed by atoms with E-state index in [1.165, 1.54) is 25.7 Å². The summed E-state index contributed by atoms with van der Waals surface area (Å²) in [5.74, 6) is 1.50. The van der Waals surface area contributed by atoms with Gasteiger partial charge >= 0.3 is 6.03 Å². The van der Waals surface area contributed by atoms with Gasteiger partial charge in [-0.3, -0.25) is 0 Å². The fourth-order valence-corrected chi connectivity index (χ4v) is 3.58. The van der Waals surface area contributed by atoms with E-state index in [1.54, 1.807) is 0 Å². The van der Waals surface area contributed by atoms with Crippen molar-refractivity contribution in [2.24, 2.45) is 11.8 Å². The third-order valence-electron chi connectivity index (χ3n) is 4.65. The first-order valence-electron chi connectivity index (χ1n) is 8.33. The van der Waals surface area contributed by atoms with Crippen molar-refractivity contribution in [2.75, 3.05) is 26.2 Å². The summed E-state index contributed by atoms with van der Waals surface area (Å²) >= 11 is 0. The standard InChI is InChI=1S/C16H30N2O2/c1-3-20-15-8-5-9-18(12-15)16(19)17-11-14-7-4-6-13(2)10-14/h13-15H,3-12H2,1-2H3,(H,17,19)/t13-,14+,15-/m1/s1. The Hall–Kier alpha value is -0.770. The molecule has 1 N–H and O–H groups in total. The lowest BCUT2D eigenvalue weighted by molar-refractivity contribution is 0.0163. The quantitative estimate of drug-likeness (QED) is 0.861. The molecular formula is C16H30N2O2. The lowest BCUT2D eigenvalue weighted by atomic mass is 9.82. The summed E-state index contributed by atoms with van der Waals surface area (Å²) in [6.45, 7) is 7.55. The molecule has 4 nitrogen and oxygen atoms in total. The van der Waals surface area contributed by atoms with Crippen LogP contribution in [-0.2, 0) is 4.74 Å². The molecule has 0 aromatic rings. The molecule has 3 atom stereocenters. The van der Waals surface area contributed by atoms with Crippen molar-refractivity contribution in [3.8, 4) is 0 Å². The van der Waals surface area contributed by atoms with Crippen LogP contribution in [0.5, 0.6) is 0 Å². The van der Waals surface area contributed by atoms with Crippen molar-refractivity contribution in [3.63, 3.8) is 0 Å². The molecule has 2 rings (SSSR count). The predicted molar refractivity (Wildman–Crippen MR) is 80.7 cm³/mol. The van der Waals surface area contributed by atoms with Crippen LogP contribution in [0, 0.1) is 11.8 Å². The second-order valence-electron chi connectivity index (χ2n) is 6.49. The second kappa shape index (κ2) is 7.87. The highest BCUT2D eigenvalue weighted by Gasteiger charge is 2.25. The van der Waals surface area contributed by atoms with Crippen molar-refractivity contribution >= 4 is 6.03 Å². The summed E-state index contributed by atoms with van der Waals surface area (Å²) in [5, 5.41) is 3.14. The summed E-state index contributed by atoms with van der Waals surface area (Å²) in [7, 11) is 0. The van der Waals surface area contributed by atoms with Gasteiger partial charge in [0.05, 0.1) is 6.10 Å². The predicted octanol–water partition coefficient (Wildman–Crippen LogP) is 3.02. The topological polar surface area (TPSA) is 41.6 Å². The zero-order chi connectivity index (χ0) is 14.4. The number of urea groups is 1. The van der Waals surface area contributed by atoms with E-state index >= 15 is 0 Å². The Morgan fingerprint density at radius 2 is 2.15 bits per heavy atom. The number of rotatable bonds is 4. The van der Waals surface area contributed by atoms with E-state index in [0.29, 0.717) is 5.92 Å². The maximum Gasteiger partial charge on any atom is 0.317 e. The van der Waals surface area contributed by atoms with Gasteiger partial charge in [-0.25, -0.2) is 4.79 Å². The number of likely N-dealkylation sites (tertiary alicyclic amines) is 1. The third kappa shape index (κ3) is 4.65. The molecular weight excluding hydrogens is 252 g/mol. The Morgan fingerprint density at radius 1 is 1.30 bits per heavy atom. The van der Waals surface area contributed by atoms with Crippen molar-refractivity contribution in [1.29, 1.82) is 0 Å². The lowest BCUT2D eigenvalue weighted by Gasteiger charge is -2.33. The van der Waals surface area contributed by atoms with Crippen LogP contribution in [-0.4, -0.2) is 43.3 Å². The van der Waals surface area contributed by atoms with Gasteiger partial charge in [0, 0.05) is 26.2 Å². The zero-order valence-corrected chi connectivity index (χ0v) is 13.1. The van der Waals surface area contributed by atoms with Crippen molar-refractivity contribution in [3.05, 3.63) is 0 Å². The van der Waals surface area contributed by atoms with E-state index in [0.717, 1.165) is 45.0 Å². The van der Waals surface area contributed by atoms with E-state index in [2.05, 4.69) is 12.2 Å². The summed E-state index contributed by atoms with van der Waals surface area (Å²) in [4.78, 5) is 14.2. The van der Waals surface area contributed by atoms with E-state index in [9.17, 15) is 4.79 Å². The van der Waals surface area contributed by atoms with Crippen molar-refractivity contribution < 1.29 is 9.53 Å². The third-order valence-corrected chi connectivity index (χ3v) is 4.65. The fraction of sp³-hybridized carbons (Fsp3) is 0.938. The molecule has 20 heavy (non-hydrogen) atoms. The number of nitrogens with one attached hydrogen (secondary N) is 1. The molecule has 1 heterocycles. The Morgan fingerprint density at radius 3 is 2.90 bits per heavy atom. The average Bonchev–Trinajstić information content (AvgIpc) is 2.45. The summed E-state index contributed by atoms with van der Waals surface area (Å²) in [5.41, 5.74) is 0. The molecule has 0 spiro atoms. The van der Waals surface area contributed by atoms with Gasteiger partial charge in [-0.2, -0.15) is 0 Å². The normalized spacial score (nSPS) is 31.1. The number of hydrogen-bond donors (Lipinski definition) is 1. The minimum Gasteiger partial charge on any atom is -0.377 e. The minimum atomic E-state index is 0.104. The monoisotopic (exact) mass is 282 g/mol. The molecule has 0 aromatic heterocycles. The first-order valence-corrected chi connectivity index (χ1v) is 8.33. The van der Waals surface area contributed by atoms with E-state index in [4.69, 9.17) is 4.74 Å². The Kier molecular flexibility index (Phi) is 6.14. The molecule has 0 radical (unpaired) electrons. The van der Waals surface area contributed by atoms with Gasteiger partial charge < -0.3 is 15.0 Å². The highest BCUT2D eigenvalue weighted by Crippen LogP contribution is 2.28. The number of carbonyl (C=O) groups is 1. The number of ether oxygens (including phenoxy) is 1. The van der Waals surface area contributed by atoms with Crippen LogP contribution in [0.2, 0.25) is 0 Å². The molecule has 116 valence electrons. The first-order chi connectivity index (χ1) is 9.69. The van der Waals surface area contributed by atoms with Gasteiger partial charge in [-0.05, 0) is 44.4 Å². The van der Waals surface area contributed by atoms with Gasteiger partial charge in [-0.1, -0.05) is 19.8 Å². The van der Waals surface area contributed by atoms with Gasteiger partial charge in [0.15, 0.2) is 0 Å². The van der Waals surface area contributed by atoms with Crippen LogP contribution in [0.25, 0.3) is 0 Å². The maximum atomic E-state index is 12.2.